The topological polar surface area (TPSA) is 48.1 Å². The lowest BCUT2D eigenvalue weighted by atomic mass is 9.81. The first-order valence-electron chi connectivity index (χ1n) is 7.72. The van der Waals surface area contributed by atoms with Crippen LogP contribution in [0.2, 0.25) is 0 Å². The van der Waals surface area contributed by atoms with Gasteiger partial charge in [-0.1, -0.05) is 24.3 Å². The summed E-state index contributed by atoms with van der Waals surface area (Å²) in [6.07, 6.45) is 2.63. The van der Waals surface area contributed by atoms with Crippen molar-refractivity contribution in [3.63, 3.8) is 0 Å². The molecule has 1 aromatic carbocycles. The number of rotatable bonds is 4. The van der Waals surface area contributed by atoms with Crippen molar-refractivity contribution in [1.29, 1.82) is 0 Å². The number of benzene rings is 1. The van der Waals surface area contributed by atoms with Gasteiger partial charge < -0.3 is 14.2 Å². The molecule has 0 amide bonds. The summed E-state index contributed by atoms with van der Waals surface area (Å²) in [6.45, 7) is 7.90. The van der Waals surface area contributed by atoms with Crippen LogP contribution >= 0.6 is 0 Å². The highest BCUT2D eigenvalue weighted by Gasteiger charge is 2.61. The zero-order chi connectivity index (χ0) is 15.7. The van der Waals surface area contributed by atoms with Crippen LogP contribution in [-0.4, -0.2) is 30.4 Å². The summed E-state index contributed by atoms with van der Waals surface area (Å²) in [7, 11) is 0. The van der Waals surface area contributed by atoms with Crippen LogP contribution < -0.4 is 4.74 Å². The van der Waals surface area contributed by atoms with Crippen molar-refractivity contribution in [3.05, 3.63) is 42.0 Å². The molecule has 1 spiro atoms. The maximum absolute atomic E-state index is 10.9. The summed E-state index contributed by atoms with van der Waals surface area (Å²) in [4.78, 5) is 10.9. The standard InChI is InChI=1S/C18H22O4/c1-12-4-7-15(8-5-12)21-16-9-6-13(2)18(10-16)17(22-18)11-20-14(3)19/h4-5,7-8,16-17H,2,6,9-11H2,1,3H3. The summed E-state index contributed by atoms with van der Waals surface area (Å²) in [5, 5.41) is 0. The Labute approximate surface area is 131 Å². The molecule has 1 saturated heterocycles. The van der Waals surface area contributed by atoms with E-state index in [1.807, 2.05) is 24.3 Å². The fourth-order valence-corrected chi connectivity index (χ4v) is 3.11. The SMILES string of the molecule is C=C1CCC(Oc2ccc(C)cc2)CC12OC2COC(C)=O. The van der Waals surface area contributed by atoms with Crippen LogP contribution in [0, 0.1) is 6.92 Å². The van der Waals surface area contributed by atoms with E-state index < -0.39 is 0 Å². The Morgan fingerprint density at radius 3 is 2.82 bits per heavy atom. The van der Waals surface area contributed by atoms with Gasteiger partial charge in [0, 0.05) is 13.3 Å². The molecule has 1 saturated carbocycles. The van der Waals surface area contributed by atoms with Gasteiger partial charge >= 0.3 is 5.97 Å². The van der Waals surface area contributed by atoms with Crippen LogP contribution in [0.25, 0.3) is 0 Å². The molecular formula is C18H22O4. The number of hydrogen-bond donors (Lipinski definition) is 0. The maximum atomic E-state index is 10.9. The summed E-state index contributed by atoms with van der Waals surface area (Å²) in [6, 6.07) is 8.08. The van der Waals surface area contributed by atoms with Crippen LogP contribution in [0.1, 0.15) is 31.7 Å². The lowest BCUT2D eigenvalue weighted by Crippen LogP contribution is -2.35. The highest BCUT2D eigenvalue weighted by molar-refractivity contribution is 5.66. The second-order valence-electron chi connectivity index (χ2n) is 6.20. The van der Waals surface area contributed by atoms with E-state index in [1.54, 1.807) is 0 Å². The lowest BCUT2D eigenvalue weighted by Gasteiger charge is -2.30. The third-order valence-electron chi connectivity index (χ3n) is 4.47. The van der Waals surface area contributed by atoms with Gasteiger partial charge in [0.1, 0.15) is 30.2 Å². The number of epoxide rings is 1. The molecule has 3 rings (SSSR count). The summed E-state index contributed by atoms with van der Waals surface area (Å²) in [5.41, 5.74) is 1.95. The lowest BCUT2D eigenvalue weighted by molar-refractivity contribution is -0.141. The Hall–Kier alpha value is -1.81. The van der Waals surface area contributed by atoms with Gasteiger partial charge in [-0.15, -0.1) is 0 Å². The highest BCUT2D eigenvalue weighted by atomic mass is 16.6. The average molecular weight is 302 g/mol. The molecule has 1 aliphatic heterocycles. The largest absolute Gasteiger partial charge is 0.490 e. The van der Waals surface area contributed by atoms with Gasteiger partial charge in [-0.3, -0.25) is 4.79 Å². The first kappa shape index (κ1) is 15.1. The van der Waals surface area contributed by atoms with E-state index in [9.17, 15) is 4.79 Å². The summed E-state index contributed by atoms with van der Waals surface area (Å²) in [5.74, 6) is 0.606. The third-order valence-corrected chi connectivity index (χ3v) is 4.47. The van der Waals surface area contributed by atoms with E-state index in [0.717, 1.165) is 30.6 Å². The minimum Gasteiger partial charge on any atom is -0.490 e. The van der Waals surface area contributed by atoms with E-state index in [0.29, 0.717) is 6.61 Å². The number of aryl methyl sites for hydroxylation is 1. The molecule has 22 heavy (non-hydrogen) atoms. The number of esters is 1. The van der Waals surface area contributed by atoms with Crippen molar-refractivity contribution in [3.8, 4) is 5.75 Å². The number of carbonyl (C=O) groups excluding carboxylic acids is 1. The van der Waals surface area contributed by atoms with Crippen LogP contribution in [0.5, 0.6) is 5.75 Å². The van der Waals surface area contributed by atoms with Crippen molar-refractivity contribution in [2.45, 2.75) is 50.9 Å². The molecule has 2 aliphatic rings. The van der Waals surface area contributed by atoms with Gasteiger partial charge in [-0.2, -0.15) is 0 Å². The number of ether oxygens (including phenoxy) is 3. The molecule has 3 unspecified atom stereocenters. The normalized spacial score (nSPS) is 30.2. The molecule has 2 fully saturated rings. The first-order valence-corrected chi connectivity index (χ1v) is 7.72. The second kappa shape index (κ2) is 5.76. The van der Waals surface area contributed by atoms with Crippen LogP contribution in [0.3, 0.4) is 0 Å². The summed E-state index contributed by atoms with van der Waals surface area (Å²) >= 11 is 0. The monoisotopic (exact) mass is 302 g/mol. The second-order valence-corrected chi connectivity index (χ2v) is 6.20. The first-order chi connectivity index (χ1) is 10.5. The Balaban J connectivity index is 1.61. The Morgan fingerprint density at radius 1 is 1.41 bits per heavy atom. The molecule has 118 valence electrons. The fourth-order valence-electron chi connectivity index (χ4n) is 3.11. The third kappa shape index (κ3) is 3.02. The molecule has 0 aromatic heterocycles. The van der Waals surface area contributed by atoms with Crippen molar-refractivity contribution in [1.82, 2.24) is 0 Å². The highest BCUT2D eigenvalue weighted by Crippen LogP contribution is 2.51. The van der Waals surface area contributed by atoms with E-state index in [-0.39, 0.29) is 23.8 Å². The van der Waals surface area contributed by atoms with Gasteiger partial charge in [0.15, 0.2) is 0 Å². The molecule has 0 radical (unpaired) electrons. The van der Waals surface area contributed by atoms with Gasteiger partial charge in [0.05, 0.1) is 0 Å². The predicted molar refractivity (Wildman–Crippen MR) is 82.8 cm³/mol. The van der Waals surface area contributed by atoms with E-state index in [4.69, 9.17) is 14.2 Å². The molecule has 4 nitrogen and oxygen atoms in total. The van der Waals surface area contributed by atoms with E-state index in [2.05, 4.69) is 13.5 Å². The quantitative estimate of drug-likeness (QED) is 0.487. The maximum Gasteiger partial charge on any atom is 0.302 e. The van der Waals surface area contributed by atoms with E-state index >= 15 is 0 Å². The van der Waals surface area contributed by atoms with Gasteiger partial charge in [0.25, 0.3) is 0 Å². The molecule has 1 aliphatic carbocycles. The number of hydrogen-bond acceptors (Lipinski definition) is 4. The number of carbonyl (C=O) groups is 1. The molecule has 3 atom stereocenters. The Morgan fingerprint density at radius 2 is 2.14 bits per heavy atom. The van der Waals surface area contributed by atoms with Crippen molar-refractivity contribution in [2.75, 3.05) is 6.61 Å². The minimum absolute atomic E-state index is 0.0756. The van der Waals surface area contributed by atoms with Gasteiger partial charge in [-0.05, 0) is 37.5 Å². The molecule has 0 bridgehead atoms. The van der Waals surface area contributed by atoms with Crippen molar-refractivity contribution in [2.24, 2.45) is 0 Å². The molecule has 0 N–H and O–H groups in total. The predicted octanol–water partition coefficient (Wildman–Crippen LogP) is 3.18. The van der Waals surface area contributed by atoms with Crippen LogP contribution in [0.4, 0.5) is 0 Å². The van der Waals surface area contributed by atoms with E-state index in [1.165, 1.54) is 12.5 Å². The average Bonchev–Trinajstić information content (AvgIpc) is 3.17. The van der Waals surface area contributed by atoms with Crippen molar-refractivity contribution < 1.29 is 19.0 Å². The van der Waals surface area contributed by atoms with Gasteiger partial charge in [0.2, 0.25) is 0 Å². The Bertz CT molecular complexity index is 577. The van der Waals surface area contributed by atoms with Crippen LogP contribution in [-0.2, 0) is 14.3 Å². The Kier molecular flexibility index (Phi) is 3.96. The zero-order valence-electron chi connectivity index (χ0n) is 13.1. The molecule has 1 aromatic rings. The molecule has 1 heterocycles. The molecular weight excluding hydrogens is 280 g/mol. The van der Waals surface area contributed by atoms with Crippen LogP contribution in [0.15, 0.2) is 36.4 Å². The van der Waals surface area contributed by atoms with Crippen molar-refractivity contribution >= 4 is 5.97 Å². The minimum atomic E-state index is -0.358. The smallest absolute Gasteiger partial charge is 0.302 e. The fraction of sp³-hybridized carbons (Fsp3) is 0.500. The molecule has 4 heteroatoms. The zero-order valence-corrected chi connectivity index (χ0v) is 13.1. The summed E-state index contributed by atoms with van der Waals surface area (Å²) < 4.78 is 17.0. The van der Waals surface area contributed by atoms with Gasteiger partial charge in [-0.25, -0.2) is 0 Å².